The van der Waals surface area contributed by atoms with Gasteiger partial charge in [-0.3, -0.25) is 9.79 Å². The number of nitrogens with one attached hydrogen (secondary N) is 2. The van der Waals surface area contributed by atoms with Gasteiger partial charge in [0.05, 0.1) is 37.9 Å². The average Bonchev–Trinajstić information content (AvgIpc) is 3.60. The Morgan fingerprint density at radius 3 is 2.48 bits per heavy atom. The van der Waals surface area contributed by atoms with Crippen LogP contribution in [0.5, 0.6) is 0 Å². The number of hydrogen-bond acceptors (Lipinski definition) is 8. The molecule has 4 fully saturated rings. The highest BCUT2D eigenvalue weighted by Crippen LogP contribution is 2.75. The molecule has 0 unspecified atom stereocenters. The maximum atomic E-state index is 13.6. The van der Waals surface area contributed by atoms with Gasteiger partial charge in [0.2, 0.25) is 0 Å². The molecule has 0 aromatic carbocycles. The van der Waals surface area contributed by atoms with E-state index in [-0.39, 0.29) is 50.2 Å². The number of nitrogens with zero attached hydrogens (tertiary/aromatic N) is 4. The summed E-state index contributed by atoms with van der Waals surface area (Å²) in [6.45, 7) is 29.0. The molecule has 3 N–H and O–H groups in total. The van der Waals surface area contributed by atoms with Gasteiger partial charge in [0.15, 0.2) is 11.7 Å². The Labute approximate surface area is 325 Å². The van der Waals surface area contributed by atoms with Gasteiger partial charge in [-0.25, -0.2) is 9.67 Å². The second-order valence-electron chi connectivity index (χ2n) is 21.2. The van der Waals surface area contributed by atoms with E-state index in [1.165, 1.54) is 5.57 Å². The lowest BCUT2D eigenvalue weighted by Crippen LogP contribution is -2.69. The molecule has 0 amide bonds. The van der Waals surface area contributed by atoms with Crippen LogP contribution in [0.4, 0.5) is 0 Å². The largest absolute Gasteiger partial charge is 0.481 e. The van der Waals surface area contributed by atoms with Crippen molar-refractivity contribution in [2.24, 2.45) is 67.1 Å². The summed E-state index contributed by atoms with van der Waals surface area (Å²) in [5, 5.41) is 23.3. The van der Waals surface area contributed by atoms with Crippen molar-refractivity contribution < 1.29 is 19.4 Å². The van der Waals surface area contributed by atoms with Crippen LogP contribution in [-0.4, -0.2) is 83.3 Å². The summed E-state index contributed by atoms with van der Waals surface area (Å²) in [5.74, 6) is 1.98. The topological polar surface area (TPSA) is 123 Å². The molecule has 7 rings (SSSR count). The predicted octanol–water partition coefficient (Wildman–Crippen LogP) is 7.56. The highest BCUT2D eigenvalue weighted by Gasteiger charge is 2.72. The number of amidine groups is 1. The summed E-state index contributed by atoms with van der Waals surface area (Å²) in [7, 11) is 2.04. The van der Waals surface area contributed by atoms with Crippen molar-refractivity contribution in [2.45, 2.75) is 139 Å². The van der Waals surface area contributed by atoms with Crippen molar-refractivity contribution >= 4 is 11.8 Å². The van der Waals surface area contributed by atoms with Crippen molar-refractivity contribution in [1.29, 1.82) is 0 Å². The number of aliphatic carboxylic acids is 1. The van der Waals surface area contributed by atoms with E-state index < -0.39 is 11.9 Å². The highest BCUT2D eigenvalue weighted by molar-refractivity contribution is 5.95. The van der Waals surface area contributed by atoms with E-state index in [1.54, 1.807) is 6.33 Å². The van der Waals surface area contributed by atoms with Gasteiger partial charge < -0.3 is 25.2 Å². The van der Waals surface area contributed by atoms with E-state index in [9.17, 15) is 9.90 Å². The van der Waals surface area contributed by atoms with E-state index in [0.717, 1.165) is 69.7 Å². The normalized spacial score (nSPS) is 42.4. The summed E-state index contributed by atoms with van der Waals surface area (Å²) in [5.41, 5.74) is -0.0391. The molecule has 54 heavy (non-hydrogen) atoms. The molecule has 3 saturated carbocycles. The molecule has 4 aliphatic carbocycles. The van der Waals surface area contributed by atoms with Crippen LogP contribution in [0, 0.1) is 62.1 Å². The fourth-order valence-electron chi connectivity index (χ4n) is 13.4. The fourth-order valence-corrected chi connectivity index (χ4v) is 13.4. The van der Waals surface area contributed by atoms with Crippen LogP contribution in [0.15, 0.2) is 23.0 Å². The van der Waals surface area contributed by atoms with Crippen molar-refractivity contribution in [3.63, 3.8) is 0 Å². The second kappa shape index (κ2) is 13.4. The number of rotatable bonds is 9. The second-order valence-corrected chi connectivity index (χ2v) is 21.2. The summed E-state index contributed by atoms with van der Waals surface area (Å²) in [4.78, 5) is 23.3. The first kappa shape index (κ1) is 39.9. The number of hydrogen-bond donors (Lipinski definition) is 3. The minimum Gasteiger partial charge on any atom is -0.481 e. The molecular formula is C44H72N6O4. The maximum Gasteiger partial charge on any atom is 0.307 e. The first-order valence-corrected chi connectivity index (χ1v) is 21.2. The van der Waals surface area contributed by atoms with Crippen LogP contribution >= 0.6 is 0 Å². The number of carbonyl (C=O) groups is 1. The van der Waals surface area contributed by atoms with Crippen molar-refractivity contribution in [3.05, 3.63) is 23.8 Å². The first-order valence-electron chi connectivity index (χ1n) is 21.2. The number of carboxylic acids is 1. The Balaban J connectivity index is 1.35. The lowest BCUT2D eigenvalue weighted by molar-refractivity contribution is -0.254. The third-order valence-electron chi connectivity index (χ3n) is 17.8. The number of likely N-dealkylation sites (N-methyl/N-ethyl adjacent to an activating group) is 1. The Kier molecular flexibility index (Phi) is 9.90. The number of fused-ring (bicyclic) bond motifs is 3. The highest BCUT2D eigenvalue weighted by atomic mass is 16.5. The van der Waals surface area contributed by atoms with Crippen LogP contribution in [0.25, 0.3) is 0 Å². The predicted molar refractivity (Wildman–Crippen MR) is 213 cm³/mol. The maximum absolute atomic E-state index is 13.6. The van der Waals surface area contributed by atoms with Gasteiger partial charge in [-0.05, 0) is 104 Å². The lowest BCUT2D eigenvalue weighted by atomic mass is 9.34. The number of aromatic nitrogens is 3. The molecule has 12 atom stereocenters. The molecule has 0 radical (unpaired) electrons. The first-order chi connectivity index (χ1) is 25.2. The summed E-state index contributed by atoms with van der Waals surface area (Å²) < 4.78 is 16.4. The third-order valence-corrected chi connectivity index (χ3v) is 17.8. The zero-order valence-electron chi connectivity index (χ0n) is 35.6. The molecule has 10 nitrogen and oxygen atoms in total. The Morgan fingerprint density at radius 1 is 1.11 bits per heavy atom. The third kappa shape index (κ3) is 5.55. The van der Waals surface area contributed by atoms with E-state index in [2.05, 4.69) is 97.6 Å². The van der Waals surface area contributed by atoms with Gasteiger partial charge in [0, 0.05) is 29.5 Å². The molecule has 0 spiro atoms. The molecule has 3 heterocycles. The van der Waals surface area contributed by atoms with Gasteiger partial charge in [0.25, 0.3) is 0 Å². The monoisotopic (exact) mass is 749 g/mol. The number of carboxylic acid groups (broad SMARTS) is 1. The summed E-state index contributed by atoms with van der Waals surface area (Å²) >= 11 is 0. The van der Waals surface area contributed by atoms with Gasteiger partial charge in [0.1, 0.15) is 6.33 Å². The van der Waals surface area contributed by atoms with Crippen molar-refractivity contribution in [3.8, 4) is 0 Å². The van der Waals surface area contributed by atoms with E-state index >= 15 is 0 Å². The Hall–Kier alpha value is -2.30. The van der Waals surface area contributed by atoms with Gasteiger partial charge in [-0.1, -0.05) is 80.9 Å². The standard InChI is InChI=1S/C44H72N6O4/c1-27(2)28(3)39(7)18-19-41(9)29-14-15-32-40(8)23-53-25-44(32,30(29)16-17-42(41,10)33(39)37(51)52)22-31(34(40)54-24-43(11,45-12)38(4,5)6)50-36(48-26-49-50)35-46-20-13-21-47-35/h16,26-29,31-34,45H,13-15,17-25H2,1-12H3,(H,46,47)(H,51,52)/t28-,29+,31-,32+,33-,34+,39-,40-,41-,42+,43+,44+/m1/s1. The van der Waals surface area contributed by atoms with E-state index in [4.69, 9.17) is 24.5 Å². The van der Waals surface area contributed by atoms with Gasteiger partial charge in [-0.2, -0.15) is 5.10 Å². The molecule has 6 aliphatic rings. The summed E-state index contributed by atoms with van der Waals surface area (Å²) in [6.07, 6.45) is 10.8. The minimum absolute atomic E-state index is 0.0390. The average molecular weight is 749 g/mol. The van der Waals surface area contributed by atoms with Gasteiger partial charge >= 0.3 is 5.97 Å². The smallest absolute Gasteiger partial charge is 0.307 e. The Bertz CT molecular complexity index is 1670. The molecule has 1 aromatic rings. The van der Waals surface area contributed by atoms with Crippen LogP contribution in [-0.2, 0) is 14.3 Å². The summed E-state index contributed by atoms with van der Waals surface area (Å²) in [6, 6.07) is -0.0887. The van der Waals surface area contributed by atoms with Crippen LogP contribution in [0.2, 0.25) is 0 Å². The number of allylic oxidation sites excluding steroid dienone is 1. The Morgan fingerprint density at radius 2 is 1.85 bits per heavy atom. The molecule has 10 heteroatoms. The quantitative estimate of drug-likeness (QED) is 0.221. The van der Waals surface area contributed by atoms with Crippen LogP contribution in [0.1, 0.15) is 133 Å². The molecule has 1 aromatic heterocycles. The van der Waals surface area contributed by atoms with E-state index in [0.29, 0.717) is 43.5 Å². The fraction of sp³-hybridized carbons (Fsp3) is 0.864. The zero-order valence-corrected chi connectivity index (χ0v) is 35.6. The molecule has 302 valence electrons. The number of aliphatic imine (C=N–C) groups is 1. The number of ether oxygens (including phenoxy) is 2. The van der Waals surface area contributed by atoms with E-state index in [1.807, 2.05) is 7.05 Å². The van der Waals surface area contributed by atoms with Gasteiger partial charge in [-0.15, -0.1) is 0 Å². The molecule has 2 bridgehead atoms. The molecule has 2 aliphatic heterocycles. The van der Waals surface area contributed by atoms with Crippen molar-refractivity contribution in [2.75, 3.05) is 40.0 Å². The van der Waals surface area contributed by atoms with Crippen molar-refractivity contribution in [1.82, 2.24) is 25.4 Å². The van der Waals surface area contributed by atoms with Crippen LogP contribution < -0.4 is 10.6 Å². The minimum atomic E-state index is -0.616. The molecule has 1 saturated heterocycles. The van der Waals surface area contributed by atoms with Crippen LogP contribution in [0.3, 0.4) is 0 Å². The molecular weight excluding hydrogens is 677 g/mol. The SMILES string of the molecule is CN[C@@](C)(CO[C@H]1[C@H](n2ncnc2C2=NCCCN2)C[C@@]23COC[C@]1(C)[C@@H]2CC[C@H]1C3=CC[C@@]2(C)[C@H](C(=O)O)[C@@](C)([C@H](C)C(C)C)CC[C@]12C)C(C)(C)C. The lowest BCUT2D eigenvalue weighted by Gasteiger charge is -2.71. The zero-order chi connectivity index (χ0) is 39.3.